The van der Waals surface area contributed by atoms with Crippen molar-refractivity contribution in [1.82, 2.24) is 5.32 Å². The zero-order valence-electron chi connectivity index (χ0n) is 14.4. The Hall–Kier alpha value is -1.80. The number of hydrogen-bond donors (Lipinski definition) is 2. The number of nitrogens with one attached hydrogen (secondary N) is 1. The number of aryl methyl sites for hydroxylation is 1. The van der Waals surface area contributed by atoms with E-state index in [2.05, 4.69) is 5.32 Å². The molecule has 1 aromatic rings. The van der Waals surface area contributed by atoms with Crippen LogP contribution in [0.5, 0.6) is 5.75 Å². The second-order valence-electron chi connectivity index (χ2n) is 6.50. The third-order valence-corrected chi connectivity index (χ3v) is 3.39. The maximum Gasteiger partial charge on any atom is 0.407 e. The number of aliphatic hydroxyl groups is 1. The summed E-state index contributed by atoms with van der Waals surface area (Å²) in [6, 6.07) is 6.18. The molecule has 24 heavy (non-hydrogen) atoms. The van der Waals surface area contributed by atoms with Crippen LogP contribution in [0.15, 0.2) is 24.3 Å². The summed E-state index contributed by atoms with van der Waals surface area (Å²) in [4.78, 5) is 11.7. The summed E-state index contributed by atoms with van der Waals surface area (Å²) in [6.45, 7) is 5.09. The molecule has 0 aliphatic carbocycles. The topological polar surface area (TPSA) is 102 Å². The highest BCUT2D eigenvalue weighted by atomic mass is 32.2. The molecule has 0 aromatic heterocycles. The van der Waals surface area contributed by atoms with Crippen LogP contribution in [0.2, 0.25) is 0 Å². The number of ether oxygens (including phenoxy) is 1. The van der Waals surface area contributed by atoms with Crippen molar-refractivity contribution in [2.24, 2.45) is 0 Å². The minimum atomic E-state index is -3.54. The Balaban J connectivity index is 2.52. The Morgan fingerprint density at radius 3 is 2.29 bits per heavy atom. The molecule has 1 amide bonds. The monoisotopic (exact) mass is 359 g/mol. The van der Waals surface area contributed by atoms with E-state index in [4.69, 9.17) is 8.92 Å². The van der Waals surface area contributed by atoms with Gasteiger partial charge in [-0.15, -0.1) is 0 Å². The Morgan fingerprint density at radius 1 is 1.25 bits per heavy atom. The molecule has 0 heterocycles. The second kappa shape index (κ2) is 8.34. The number of carbonyl (C=O) groups excluding carboxylic acids is 1. The van der Waals surface area contributed by atoms with Crippen LogP contribution in [0.4, 0.5) is 4.79 Å². The Kier molecular flexibility index (Phi) is 7.04. The van der Waals surface area contributed by atoms with E-state index in [1.54, 1.807) is 45.0 Å². The maximum absolute atomic E-state index is 11.7. The lowest BCUT2D eigenvalue weighted by molar-refractivity contribution is 0.0479. The standard InChI is InChI=1S/C16H25NO6S/c1-16(2,3)22-15(19)17-13(11-18)8-5-12-6-9-14(10-7-12)23-24(4,20)21/h6-7,9-10,13,18H,5,8,11H2,1-4H3,(H,17,19)/t13-/m0/s1. The predicted octanol–water partition coefficient (Wildman–Crippen LogP) is 1.84. The predicted molar refractivity (Wildman–Crippen MR) is 90.5 cm³/mol. The normalized spacial score (nSPS) is 13.2. The Morgan fingerprint density at radius 2 is 1.83 bits per heavy atom. The second-order valence-corrected chi connectivity index (χ2v) is 8.07. The van der Waals surface area contributed by atoms with Gasteiger partial charge in [-0.1, -0.05) is 12.1 Å². The number of alkyl carbamates (subject to hydrolysis) is 1. The van der Waals surface area contributed by atoms with E-state index in [0.29, 0.717) is 12.8 Å². The summed E-state index contributed by atoms with van der Waals surface area (Å²) < 4.78 is 32.0. The van der Waals surface area contributed by atoms with E-state index < -0.39 is 27.9 Å². The van der Waals surface area contributed by atoms with Gasteiger partial charge in [0.05, 0.1) is 18.9 Å². The Bertz CT molecular complexity index is 634. The van der Waals surface area contributed by atoms with E-state index in [0.717, 1.165) is 11.8 Å². The van der Waals surface area contributed by atoms with Crippen LogP contribution >= 0.6 is 0 Å². The smallest absolute Gasteiger partial charge is 0.407 e. The van der Waals surface area contributed by atoms with Crippen LogP contribution < -0.4 is 9.50 Å². The first-order valence-electron chi connectivity index (χ1n) is 7.57. The van der Waals surface area contributed by atoms with Crippen molar-refractivity contribution in [2.75, 3.05) is 12.9 Å². The lowest BCUT2D eigenvalue weighted by Crippen LogP contribution is -2.41. The van der Waals surface area contributed by atoms with Gasteiger partial charge in [0, 0.05) is 0 Å². The van der Waals surface area contributed by atoms with Gasteiger partial charge in [-0.05, 0) is 51.3 Å². The largest absolute Gasteiger partial charge is 0.444 e. The van der Waals surface area contributed by atoms with Crippen LogP contribution in [-0.4, -0.2) is 44.1 Å². The van der Waals surface area contributed by atoms with E-state index >= 15 is 0 Å². The first-order chi connectivity index (χ1) is 11.0. The van der Waals surface area contributed by atoms with Gasteiger partial charge in [0.25, 0.3) is 0 Å². The van der Waals surface area contributed by atoms with Gasteiger partial charge in [0.2, 0.25) is 0 Å². The number of benzene rings is 1. The molecule has 1 rings (SSSR count). The molecular formula is C16H25NO6S. The fraction of sp³-hybridized carbons (Fsp3) is 0.562. The van der Waals surface area contributed by atoms with Crippen molar-refractivity contribution in [2.45, 2.75) is 45.3 Å². The summed E-state index contributed by atoms with van der Waals surface area (Å²) in [5.74, 6) is 0.242. The van der Waals surface area contributed by atoms with Crippen LogP contribution in [0.1, 0.15) is 32.8 Å². The van der Waals surface area contributed by atoms with Crippen molar-refractivity contribution in [3.63, 3.8) is 0 Å². The van der Waals surface area contributed by atoms with Crippen molar-refractivity contribution < 1.29 is 27.2 Å². The van der Waals surface area contributed by atoms with Gasteiger partial charge >= 0.3 is 16.2 Å². The number of amides is 1. The minimum absolute atomic E-state index is 0.200. The van der Waals surface area contributed by atoms with Crippen molar-refractivity contribution in [1.29, 1.82) is 0 Å². The Labute approximate surface area is 143 Å². The zero-order chi connectivity index (χ0) is 18.4. The molecule has 0 aliphatic heterocycles. The first-order valence-corrected chi connectivity index (χ1v) is 9.39. The molecule has 0 unspecified atom stereocenters. The molecule has 7 nitrogen and oxygen atoms in total. The summed E-state index contributed by atoms with van der Waals surface area (Å²) >= 11 is 0. The zero-order valence-corrected chi connectivity index (χ0v) is 15.2. The van der Waals surface area contributed by atoms with Crippen molar-refractivity contribution in [3.05, 3.63) is 29.8 Å². The van der Waals surface area contributed by atoms with E-state index in [1.165, 1.54) is 0 Å². The molecule has 136 valence electrons. The molecule has 0 radical (unpaired) electrons. The molecular weight excluding hydrogens is 334 g/mol. The van der Waals surface area contributed by atoms with Gasteiger partial charge in [-0.2, -0.15) is 8.42 Å². The van der Waals surface area contributed by atoms with Gasteiger partial charge in [-0.3, -0.25) is 0 Å². The summed E-state index contributed by atoms with van der Waals surface area (Å²) in [6.07, 6.45) is 1.52. The van der Waals surface area contributed by atoms with Crippen LogP contribution in [-0.2, 0) is 21.3 Å². The highest BCUT2D eigenvalue weighted by Gasteiger charge is 2.19. The molecule has 1 atom stereocenters. The highest BCUT2D eigenvalue weighted by molar-refractivity contribution is 7.86. The summed E-state index contributed by atoms with van der Waals surface area (Å²) in [5, 5.41) is 12.0. The quantitative estimate of drug-likeness (QED) is 0.720. The summed E-state index contributed by atoms with van der Waals surface area (Å²) in [5.41, 5.74) is 0.333. The number of hydrogen-bond acceptors (Lipinski definition) is 6. The number of carbonyl (C=O) groups is 1. The van der Waals surface area contributed by atoms with Gasteiger partial charge < -0.3 is 19.3 Å². The molecule has 0 fully saturated rings. The highest BCUT2D eigenvalue weighted by Crippen LogP contribution is 2.15. The third kappa shape index (κ3) is 8.73. The molecule has 0 saturated carbocycles. The minimum Gasteiger partial charge on any atom is -0.444 e. The van der Waals surface area contributed by atoms with E-state index in [9.17, 15) is 18.3 Å². The molecule has 0 aliphatic rings. The van der Waals surface area contributed by atoms with Crippen LogP contribution in [0, 0.1) is 0 Å². The molecule has 1 aromatic carbocycles. The molecule has 2 N–H and O–H groups in total. The SMILES string of the molecule is CC(C)(C)OC(=O)N[C@H](CO)CCc1ccc(OS(C)(=O)=O)cc1. The van der Waals surface area contributed by atoms with E-state index in [-0.39, 0.29) is 12.4 Å². The number of rotatable bonds is 7. The van der Waals surface area contributed by atoms with Crippen molar-refractivity contribution >= 4 is 16.2 Å². The van der Waals surface area contributed by atoms with Gasteiger partial charge in [0.1, 0.15) is 11.4 Å². The third-order valence-electron chi connectivity index (χ3n) is 2.89. The van der Waals surface area contributed by atoms with Crippen LogP contribution in [0.25, 0.3) is 0 Å². The van der Waals surface area contributed by atoms with Crippen LogP contribution in [0.3, 0.4) is 0 Å². The van der Waals surface area contributed by atoms with Gasteiger partial charge in [-0.25, -0.2) is 4.79 Å². The summed E-state index contributed by atoms with van der Waals surface area (Å²) in [7, 11) is -3.54. The average molecular weight is 359 g/mol. The molecule has 0 saturated heterocycles. The molecule has 0 spiro atoms. The fourth-order valence-electron chi connectivity index (χ4n) is 1.91. The lowest BCUT2D eigenvalue weighted by Gasteiger charge is -2.22. The van der Waals surface area contributed by atoms with E-state index in [1.807, 2.05) is 0 Å². The number of aliphatic hydroxyl groups excluding tert-OH is 1. The lowest BCUT2D eigenvalue weighted by atomic mass is 10.1. The average Bonchev–Trinajstić information content (AvgIpc) is 2.41. The first kappa shape index (κ1) is 20.2. The molecule has 8 heteroatoms. The van der Waals surface area contributed by atoms with Gasteiger partial charge in [0.15, 0.2) is 0 Å². The van der Waals surface area contributed by atoms with Crippen molar-refractivity contribution in [3.8, 4) is 5.75 Å². The molecule has 0 bridgehead atoms. The maximum atomic E-state index is 11.7. The fourth-order valence-corrected chi connectivity index (χ4v) is 2.37.